The van der Waals surface area contributed by atoms with Crippen LogP contribution in [-0.4, -0.2) is 29.1 Å². The van der Waals surface area contributed by atoms with Crippen molar-refractivity contribution < 1.29 is 22.7 Å². The van der Waals surface area contributed by atoms with E-state index < -0.39 is 28.7 Å². The Kier molecular flexibility index (Phi) is 6.30. The second-order valence-electron chi connectivity index (χ2n) is 6.15. The summed E-state index contributed by atoms with van der Waals surface area (Å²) in [5.74, 6) is -0.401. The molecule has 1 aliphatic rings. The highest BCUT2D eigenvalue weighted by molar-refractivity contribution is 7.09. The van der Waals surface area contributed by atoms with Crippen LogP contribution in [0.3, 0.4) is 0 Å². The molecular weight excluding hydrogens is 367 g/mol. The number of hydrogen-bond acceptors (Lipinski definition) is 5. The third-order valence-electron chi connectivity index (χ3n) is 4.48. The Bertz CT molecular complexity index is 594. The van der Waals surface area contributed by atoms with Crippen molar-refractivity contribution in [3.05, 3.63) is 16.1 Å². The second kappa shape index (κ2) is 7.15. The number of thiazole rings is 1. The summed E-state index contributed by atoms with van der Waals surface area (Å²) in [7, 11) is 0. The molecule has 1 heterocycles. The van der Waals surface area contributed by atoms with Crippen molar-refractivity contribution in [1.29, 1.82) is 0 Å². The number of nitrogens with two attached hydrogens (primary N) is 1. The van der Waals surface area contributed by atoms with Crippen LogP contribution in [0, 0.1) is 5.41 Å². The first-order valence-electron chi connectivity index (χ1n) is 7.22. The Hall–Kier alpha value is -0.900. The van der Waals surface area contributed by atoms with E-state index in [1.54, 1.807) is 0 Å². The van der Waals surface area contributed by atoms with Crippen molar-refractivity contribution in [1.82, 2.24) is 10.3 Å². The van der Waals surface area contributed by atoms with Crippen LogP contribution in [0.25, 0.3) is 0 Å². The largest absolute Gasteiger partial charge is 0.434 e. The number of amides is 1. The number of rotatable bonds is 5. The molecule has 0 aliphatic heterocycles. The minimum atomic E-state index is -4.48. The summed E-state index contributed by atoms with van der Waals surface area (Å²) < 4.78 is 43.0. The smallest absolute Gasteiger partial charge is 0.378 e. The SMILES string of the molecule is CCOC1CC(N)(C(=O)NCc2nc(C(F)(F)F)cs2)C1(C)C.Cl. The molecule has 1 fully saturated rings. The van der Waals surface area contributed by atoms with E-state index in [0.29, 0.717) is 13.0 Å². The van der Waals surface area contributed by atoms with Gasteiger partial charge in [-0.25, -0.2) is 4.98 Å². The van der Waals surface area contributed by atoms with Crippen molar-refractivity contribution in [2.45, 2.75) is 51.6 Å². The lowest BCUT2D eigenvalue weighted by Gasteiger charge is -2.57. The molecule has 1 aromatic rings. The number of carbonyl (C=O) groups excluding carboxylic acids is 1. The van der Waals surface area contributed by atoms with Gasteiger partial charge in [-0.1, -0.05) is 13.8 Å². The highest BCUT2D eigenvalue weighted by Gasteiger charge is 2.62. The monoisotopic (exact) mass is 387 g/mol. The molecule has 1 aliphatic carbocycles. The lowest BCUT2D eigenvalue weighted by molar-refractivity contribution is -0.170. The molecule has 0 bridgehead atoms. The van der Waals surface area contributed by atoms with Crippen molar-refractivity contribution in [2.24, 2.45) is 11.1 Å². The van der Waals surface area contributed by atoms with Crippen molar-refractivity contribution in [3.63, 3.8) is 0 Å². The molecule has 2 atom stereocenters. The molecule has 1 saturated carbocycles. The van der Waals surface area contributed by atoms with E-state index in [0.717, 1.165) is 16.7 Å². The molecule has 3 N–H and O–H groups in total. The molecule has 1 amide bonds. The number of nitrogens with one attached hydrogen (secondary N) is 1. The van der Waals surface area contributed by atoms with Gasteiger partial charge >= 0.3 is 6.18 Å². The fourth-order valence-electron chi connectivity index (χ4n) is 2.66. The first-order chi connectivity index (χ1) is 10.5. The summed E-state index contributed by atoms with van der Waals surface area (Å²) in [6, 6.07) is 0. The first kappa shape index (κ1) is 21.1. The Morgan fingerprint density at radius 2 is 2.17 bits per heavy atom. The molecule has 0 aromatic carbocycles. The van der Waals surface area contributed by atoms with Crippen LogP contribution in [0.1, 0.15) is 37.9 Å². The number of halogens is 4. The molecule has 5 nitrogen and oxygen atoms in total. The minimum absolute atomic E-state index is 0. The number of nitrogens with zero attached hydrogens (tertiary/aromatic N) is 1. The lowest BCUT2D eigenvalue weighted by atomic mass is 9.54. The van der Waals surface area contributed by atoms with Gasteiger partial charge in [-0.05, 0) is 6.92 Å². The maximum Gasteiger partial charge on any atom is 0.434 e. The van der Waals surface area contributed by atoms with Crippen LogP contribution in [0.5, 0.6) is 0 Å². The molecule has 2 unspecified atom stereocenters. The number of ether oxygens (including phenoxy) is 1. The fraction of sp³-hybridized carbons (Fsp3) is 0.714. The summed E-state index contributed by atoms with van der Waals surface area (Å²) >= 11 is 0.852. The molecule has 0 spiro atoms. The average Bonchev–Trinajstić information content (AvgIpc) is 2.93. The number of hydrogen-bond donors (Lipinski definition) is 2. The summed E-state index contributed by atoms with van der Waals surface area (Å²) in [4.78, 5) is 15.8. The van der Waals surface area contributed by atoms with E-state index in [9.17, 15) is 18.0 Å². The van der Waals surface area contributed by atoms with Gasteiger partial charge in [0, 0.05) is 23.8 Å². The molecule has 24 heavy (non-hydrogen) atoms. The van der Waals surface area contributed by atoms with Gasteiger partial charge in [-0.3, -0.25) is 4.79 Å². The highest BCUT2D eigenvalue weighted by Crippen LogP contribution is 2.49. The standard InChI is InChI=1S/C14H20F3N3O2S.ClH/c1-4-22-9-5-13(18,12(9,2)3)11(21)19-6-10-20-8(7-23-10)14(15,16)17;/h7,9H,4-6,18H2,1-3H3,(H,19,21);1H. The first-order valence-corrected chi connectivity index (χ1v) is 8.10. The molecule has 0 saturated heterocycles. The summed E-state index contributed by atoms with van der Waals surface area (Å²) in [6.07, 6.45) is -4.21. The Morgan fingerprint density at radius 3 is 2.62 bits per heavy atom. The van der Waals surface area contributed by atoms with Gasteiger partial charge in [0.15, 0.2) is 5.69 Å². The molecule has 138 valence electrons. The van der Waals surface area contributed by atoms with E-state index in [4.69, 9.17) is 10.5 Å². The molecular formula is C14H21ClF3N3O2S. The maximum atomic E-state index is 12.5. The van der Waals surface area contributed by atoms with E-state index in [2.05, 4.69) is 10.3 Å². The Balaban J connectivity index is 0.00000288. The van der Waals surface area contributed by atoms with Gasteiger partial charge in [0.1, 0.15) is 10.5 Å². The van der Waals surface area contributed by atoms with Gasteiger partial charge in [0.25, 0.3) is 0 Å². The molecule has 0 radical (unpaired) electrons. The Morgan fingerprint density at radius 1 is 1.54 bits per heavy atom. The molecule has 10 heteroatoms. The Labute approximate surface area is 148 Å². The summed E-state index contributed by atoms with van der Waals surface area (Å²) in [6.45, 7) is 6.02. The van der Waals surface area contributed by atoms with E-state index in [-0.39, 0.29) is 30.1 Å². The number of aromatic nitrogens is 1. The fourth-order valence-corrected chi connectivity index (χ4v) is 3.40. The number of alkyl halides is 3. The van der Waals surface area contributed by atoms with Crippen molar-refractivity contribution >= 4 is 29.7 Å². The van der Waals surface area contributed by atoms with Gasteiger partial charge in [-0.2, -0.15) is 13.2 Å². The maximum absolute atomic E-state index is 12.5. The van der Waals surface area contributed by atoms with E-state index in [1.807, 2.05) is 20.8 Å². The molecule has 2 rings (SSSR count). The van der Waals surface area contributed by atoms with E-state index >= 15 is 0 Å². The number of carbonyl (C=O) groups is 1. The zero-order valence-corrected chi connectivity index (χ0v) is 15.2. The molecule has 1 aromatic heterocycles. The normalized spacial score (nSPS) is 25.5. The topological polar surface area (TPSA) is 77.2 Å². The third-order valence-corrected chi connectivity index (χ3v) is 5.33. The lowest BCUT2D eigenvalue weighted by Crippen LogP contribution is -2.75. The van der Waals surface area contributed by atoms with Gasteiger partial charge in [-0.15, -0.1) is 23.7 Å². The zero-order valence-electron chi connectivity index (χ0n) is 13.6. The van der Waals surface area contributed by atoms with Crippen LogP contribution in [0.4, 0.5) is 13.2 Å². The van der Waals surface area contributed by atoms with Gasteiger partial charge in [0.2, 0.25) is 5.91 Å². The van der Waals surface area contributed by atoms with E-state index in [1.165, 1.54) is 0 Å². The highest BCUT2D eigenvalue weighted by atomic mass is 35.5. The minimum Gasteiger partial charge on any atom is -0.378 e. The van der Waals surface area contributed by atoms with Crippen LogP contribution in [0.2, 0.25) is 0 Å². The van der Waals surface area contributed by atoms with Crippen LogP contribution >= 0.6 is 23.7 Å². The third kappa shape index (κ3) is 3.68. The summed E-state index contributed by atoms with van der Waals surface area (Å²) in [5.41, 5.74) is 3.60. The quantitative estimate of drug-likeness (QED) is 0.814. The predicted molar refractivity (Wildman–Crippen MR) is 86.9 cm³/mol. The predicted octanol–water partition coefficient (Wildman–Crippen LogP) is 2.73. The average molecular weight is 388 g/mol. The summed E-state index contributed by atoms with van der Waals surface area (Å²) in [5, 5.41) is 3.70. The van der Waals surface area contributed by atoms with Crippen molar-refractivity contribution in [2.75, 3.05) is 6.61 Å². The van der Waals surface area contributed by atoms with Gasteiger partial charge in [0.05, 0.1) is 12.6 Å². The van der Waals surface area contributed by atoms with Gasteiger partial charge < -0.3 is 15.8 Å². The zero-order chi connectivity index (χ0) is 17.5. The van der Waals surface area contributed by atoms with Crippen LogP contribution in [-0.2, 0) is 22.3 Å². The van der Waals surface area contributed by atoms with Crippen molar-refractivity contribution in [3.8, 4) is 0 Å². The van der Waals surface area contributed by atoms with Crippen LogP contribution in [0.15, 0.2) is 5.38 Å². The second-order valence-corrected chi connectivity index (χ2v) is 7.09. The van der Waals surface area contributed by atoms with Crippen LogP contribution < -0.4 is 11.1 Å².